The Balaban J connectivity index is 0.000000259. The maximum Gasteiger partial charge on any atom is 0.0661 e. The maximum atomic E-state index is 4.28. The van der Waals surface area contributed by atoms with E-state index in [9.17, 15) is 0 Å². The standard InChI is InChI=1S/C10H12.C8H10N2.C8H7N.3C4H10/c1-2-6-10-8-4-3-7-9(10)5-1;1-2-7-6-9-5-3-8(7)10-4-1;1-2-4-8-7(3-1)5-6-9-8;3*1-4(2)3/h1-2,5-6H,3-4,7-8H2;1-2,4,9H,3,5-6H2;1-4,6H,5H2;3*4H,1-3H3. The van der Waals surface area contributed by atoms with Gasteiger partial charge in [-0.2, -0.15) is 0 Å². The van der Waals surface area contributed by atoms with E-state index in [1.807, 2.05) is 36.7 Å². The van der Waals surface area contributed by atoms with Crippen LogP contribution in [0.3, 0.4) is 0 Å². The molecule has 1 aromatic heterocycles. The minimum Gasteiger partial charge on any atom is -0.312 e. The second-order valence-corrected chi connectivity index (χ2v) is 12.9. The Morgan fingerprint density at radius 1 is 0.585 bits per heavy atom. The molecule has 1 N–H and O–H groups in total. The van der Waals surface area contributed by atoms with Crippen molar-refractivity contribution >= 4 is 11.9 Å². The maximum absolute atomic E-state index is 4.28. The average molecular weight is 558 g/mol. The zero-order valence-electron chi connectivity index (χ0n) is 27.7. The molecule has 0 spiro atoms. The van der Waals surface area contributed by atoms with Crippen LogP contribution in [0, 0.1) is 17.8 Å². The molecule has 0 fully saturated rings. The van der Waals surface area contributed by atoms with E-state index in [4.69, 9.17) is 0 Å². The molecule has 0 saturated carbocycles. The van der Waals surface area contributed by atoms with Crippen molar-refractivity contribution in [3.63, 3.8) is 0 Å². The molecule has 6 rings (SSSR count). The number of hydrogen-bond acceptors (Lipinski definition) is 3. The first kappa shape index (κ1) is 36.2. The summed E-state index contributed by atoms with van der Waals surface area (Å²) in [6.45, 7) is 21.6. The van der Waals surface area contributed by atoms with Crippen molar-refractivity contribution in [3.8, 4) is 0 Å². The van der Waals surface area contributed by atoms with Crippen molar-refractivity contribution in [2.45, 2.75) is 107 Å². The van der Waals surface area contributed by atoms with Crippen LogP contribution in [-0.2, 0) is 32.2 Å². The Morgan fingerprint density at radius 2 is 1.07 bits per heavy atom. The van der Waals surface area contributed by atoms with Gasteiger partial charge in [-0.15, -0.1) is 0 Å². The number of aryl methyl sites for hydroxylation is 2. The summed E-state index contributed by atoms with van der Waals surface area (Å²) in [6, 6.07) is 21.1. The van der Waals surface area contributed by atoms with Crippen LogP contribution in [0.25, 0.3) is 0 Å². The minimum absolute atomic E-state index is 0.833. The van der Waals surface area contributed by atoms with Crippen LogP contribution >= 0.6 is 0 Å². The number of aliphatic imine (C=N–C) groups is 1. The Hall–Kier alpha value is -2.78. The number of para-hydroxylation sites is 1. The van der Waals surface area contributed by atoms with E-state index in [2.05, 4.69) is 114 Å². The van der Waals surface area contributed by atoms with Crippen molar-refractivity contribution in [2.24, 2.45) is 22.7 Å². The largest absolute Gasteiger partial charge is 0.312 e. The summed E-state index contributed by atoms with van der Waals surface area (Å²) >= 11 is 0. The predicted molar refractivity (Wildman–Crippen MR) is 183 cm³/mol. The highest BCUT2D eigenvalue weighted by Crippen LogP contribution is 2.22. The lowest BCUT2D eigenvalue weighted by Crippen LogP contribution is -2.24. The van der Waals surface area contributed by atoms with Crippen molar-refractivity contribution in [1.82, 2.24) is 10.3 Å². The molecule has 0 atom stereocenters. The highest BCUT2D eigenvalue weighted by molar-refractivity contribution is 5.75. The Bertz CT molecular complexity index is 974. The van der Waals surface area contributed by atoms with Crippen molar-refractivity contribution in [3.05, 3.63) is 94.8 Å². The fourth-order valence-corrected chi connectivity index (χ4v) is 4.02. The fraction of sp³-hybridized carbons (Fsp3) is 0.526. The number of aromatic nitrogens is 1. The van der Waals surface area contributed by atoms with Crippen molar-refractivity contribution in [2.75, 3.05) is 6.54 Å². The summed E-state index contributed by atoms with van der Waals surface area (Å²) < 4.78 is 0. The highest BCUT2D eigenvalue weighted by atomic mass is 14.9. The molecule has 41 heavy (non-hydrogen) atoms. The van der Waals surface area contributed by atoms with Crippen LogP contribution in [0.1, 0.15) is 103 Å². The molecule has 3 heteroatoms. The number of rotatable bonds is 0. The van der Waals surface area contributed by atoms with Crippen LogP contribution < -0.4 is 5.32 Å². The second kappa shape index (κ2) is 21.9. The summed E-state index contributed by atoms with van der Waals surface area (Å²) in [4.78, 5) is 8.45. The lowest BCUT2D eigenvalue weighted by Gasteiger charge is -2.14. The number of benzene rings is 2. The van der Waals surface area contributed by atoms with Gasteiger partial charge in [0.25, 0.3) is 0 Å². The molecule has 3 aromatic rings. The van der Waals surface area contributed by atoms with Gasteiger partial charge in [-0.05, 0) is 77.8 Å². The molecule has 0 unspecified atom stereocenters. The molecular formula is C38H59N3. The van der Waals surface area contributed by atoms with Crippen LogP contribution in [0.15, 0.2) is 71.9 Å². The summed E-state index contributed by atoms with van der Waals surface area (Å²) in [5.41, 5.74) is 8.26. The zero-order chi connectivity index (χ0) is 30.5. The lowest BCUT2D eigenvalue weighted by atomic mass is 9.92. The Labute approximate surface area is 253 Å². The smallest absolute Gasteiger partial charge is 0.0661 e. The number of nitrogens with zero attached hydrogens (tertiary/aromatic N) is 2. The number of hydrogen-bond donors (Lipinski definition) is 1. The molecule has 2 aromatic carbocycles. The Kier molecular flexibility index (Phi) is 19.4. The molecule has 226 valence electrons. The monoisotopic (exact) mass is 557 g/mol. The first-order chi connectivity index (χ1) is 19.6. The second-order valence-electron chi connectivity index (χ2n) is 12.9. The predicted octanol–water partition coefficient (Wildman–Crippen LogP) is 10.2. The summed E-state index contributed by atoms with van der Waals surface area (Å²) in [7, 11) is 0. The van der Waals surface area contributed by atoms with Gasteiger partial charge in [0.05, 0.1) is 5.69 Å². The molecule has 2 aliphatic heterocycles. The minimum atomic E-state index is 0.833. The summed E-state index contributed by atoms with van der Waals surface area (Å²) in [6.07, 6.45) is 11.3. The van der Waals surface area contributed by atoms with Gasteiger partial charge in [-0.1, -0.05) is 111 Å². The molecule has 0 radical (unpaired) electrons. The van der Waals surface area contributed by atoms with Crippen LogP contribution in [0.5, 0.6) is 0 Å². The van der Waals surface area contributed by atoms with Crippen molar-refractivity contribution in [1.29, 1.82) is 0 Å². The average Bonchev–Trinajstić information content (AvgIpc) is 3.42. The lowest BCUT2D eigenvalue weighted by molar-refractivity contribution is 0.630. The van der Waals surface area contributed by atoms with E-state index >= 15 is 0 Å². The van der Waals surface area contributed by atoms with Gasteiger partial charge in [-0.25, -0.2) is 0 Å². The molecule has 0 saturated heterocycles. The van der Waals surface area contributed by atoms with E-state index in [1.165, 1.54) is 42.5 Å². The van der Waals surface area contributed by atoms with Gasteiger partial charge in [0, 0.05) is 44.0 Å². The Morgan fingerprint density at radius 3 is 1.59 bits per heavy atom. The molecule has 1 aliphatic carbocycles. The van der Waals surface area contributed by atoms with E-state index in [1.54, 1.807) is 11.1 Å². The van der Waals surface area contributed by atoms with Crippen LogP contribution in [-0.4, -0.2) is 17.7 Å². The fourth-order valence-electron chi connectivity index (χ4n) is 4.02. The third kappa shape index (κ3) is 18.3. The van der Waals surface area contributed by atoms with Gasteiger partial charge in [0.15, 0.2) is 0 Å². The van der Waals surface area contributed by atoms with E-state index in [0.717, 1.165) is 49.4 Å². The number of fused-ring (bicyclic) bond motifs is 3. The molecule has 3 heterocycles. The van der Waals surface area contributed by atoms with E-state index in [-0.39, 0.29) is 0 Å². The first-order valence-corrected chi connectivity index (χ1v) is 15.9. The summed E-state index contributed by atoms with van der Waals surface area (Å²) in [5.74, 6) is 2.50. The zero-order valence-corrected chi connectivity index (χ0v) is 27.7. The molecule has 0 amide bonds. The van der Waals surface area contributed by atoms with Gasteiger partial charge < -0.3 is 5.32 Å². The van der Waals surface area contributed by atoms with Gasteiger partial charge >= 0.3 is 0 Å². The highest BCUT2D eigenvalue weighted by Gasteiger charge is 2.07. The van der Waals surface area contributed by atoms with Crippen molar-refractivity contribution < 1.29 is 0 Å². The topological polar surface area (TPSA) is 37.3 Å². The third-order valence-electron chi connectivity index (χ3n) is 5.63. The van der Waals surface area contributed by atoms with Crippen LogP contribution in [0.2, 0.25) is 0 Å². The SMILES string of the molecule is C1=Nc2ccccc2C1.CC(C)C.CC(C)C.CC(C)C.c1ccc2c(c1)CCCC2.c1cnc2c(c1)CNCC2. The molecule has 3 aliphatic rings. The van der Waals surface area contributed by atoms with E-state index < -0.39 is 0 Å². The molecule has 3 nitrogen and oxygen atoms in total. The van der Waals surface area contributed by atoms with Gasteiger partial charge in [0.1, 0.15) is 0 Å². The molecular weight excluding hydrogens is 498 g/mol. The molecule has 0 bridgehead atoms. The normalized spacial score (nSPS) is 13.7. The number of nitrogens with one attached hydrogen (secondary N) is 1. The van der Waals surface area contributed by atoms with Crippen LogP contribution in [0.4, 0.5) is 5.69 Å². The van der Waals surface area contributed by atoms with E-state index in [0.29, 0.717) is 0 Å². The summed E-state index contributed by atoms with van der Waals surface area (Å²) in [5, 5.41) is 3.30. The quantitative estimate of drug-likeness (QED) is 0.298. The van der Waals surface area contributed by atoms with Gasteiger partial charge in [-0.3, -0.25) is 9.98 Å². The number of pyridine rings is 1. The third-order valence-corrected chi connectivity index (χ3v) is 5.63. The first-order valence-electron chi connectivity index (χ1n) is 15.9. The van der Waals surface area contributed by atoms with Gasteiger partial charge in [0.2, 0.25) is 0 Å².